The topological polar surface area (TPSA) is 74.7 Å². The Kier molecular flexibility index (Phi) is 5.16. The predicted molar refractivity (Wildman–Crippen MR) is 90.5 cm³/mol. The molecule has 0 spiro atoms. The van der Waals surface area contributed by atoms with Crippen molar-refractivity contribution >= 4 is 11.4 Å². The van der Waals surface area contributed by atoms with E-state index in [9.17, 15) is 18.0 Å². The average Bonchev–Trinajstić information content (AvgIpc) is 3.23. The molecule has 0 amide bonds. The van der Waals surface area contributed by atoms with E-state index in [1.54, 1.807) is 0 Å². The molecule has 0 bridgehead atoms. The van der Waals surface area contributed by atoms with Crippen molar-refractivity contribution < 1.29 is 31.9 Å². The summed E-state index contributed by atoms with van der Waals surface area (Å²) in [5.41, 5.74) is 5.16. The van der Waals surface area contributed by atoms with Crippen molar-refractivity contribution in [2.24, 2.45) is 5.73 Å². The molecule has 1 unspecified atom stereocenters. The molecule has 0 saturated heterocycles. The summed E-state index contributed by atoms with van der Waals surface area (Å²) in [6, 6.07) is 5.03. The molecule has 2 N–H and O–H groups in total. The summed E-state index contributed by atoms with van der Waals surface area (Å²) < 4.78 is 56.2. The van der Waals surface area contributed by atoms with Gasteiger partial charge in [-0.1, -0.05) is 25.5 Å². The van der Waals surface area contributed by atoms with Gasteiger partial charge in [-0.3, -0.25) is 4.79 Å². The van der Waals surface area contributed by atoms with Crippen molar-refractivity contribution in [3.8, 4) is 5.75 Å². The van der Waals surface area contributed by atoms with Crippen LogP contribution in [0.3, 0.4) is 0 Å². The molecule has 144 valence electrons. The summed E-state index contributed by atoms with van der Waals surface area (Å²) in [6.45, 7) is 1.98. The second-order valence-electron chi connectivity index (χ2n) is 6.04. The van der Waals surface area contributed by atoms with Crippen LogP contribution in [0.5, 0.6) is 5.75 Å². The number of hydrogen-bond donors (Lipinski definition) is 1. The first-order valence-corrected chi connectivity index (χ1v) is 8.40. The zero-order valence-corrected chi connectivity index (χ0v) is 14.5. The summed E-state index contributed by atoms with van der Waals surface area (Å²) >= 11 is 0. The Hall–Kier alpha value is -2.90. The summed E-state index contributed by atoms with van der Waals surface area (Å²) in [4.78, 5) is 12.8. The normalized spacial score (nSPS) is 17.3. The van der Waals surface area contributed by atoms with Gasteiger partial charge in [0.2, 0.25) is 5.78 Å². The molecular weight excluding hydrogens is 363 g/mol. The van der Waals surface area contributed by atoms with Crippen molar-refractivity contribution in [2.45, 2.75) is 32.0 Å². The SMILES string of the molecule is CCCCOc1c(C2=C(N)OC(c3ccoc3)C2=O)cccc1C(F)(F)F. The van der Waals surface area contributed by atoms with Crippen molar-refractivity contribution in [3.05, 3.63) is 59.4 Å². The van der Waals surface area contributed by atoms with Crippen LogP contribution >= 0.6 is 0 Å². The number of benzene rings is 1. The van der Waals surface area contributed by atoms with Gasteiger partial charge in [-0.25, -0.2) is 0 Å². The van der Waals surface area contributed by atoms with Gasteiger partial charge in [0.1, 0.15) is 5.75 Å². The molecule has 1 atom stereocenters. The number of nitrogens with two attached hydrogens (primary N) is 1. The van der Waals surface area contributed by atoms with Gasteiger partial charge in [0.05, 0.1) is 30.3 Å². The zero-order valence-electron chi connectivity index (χ0n) is 14.5. The van der Waals surface area contributed by atoms with Crippen LogP contribution in [0.1, 0.15) is 42.6 Å². The maximum Gasteiger partial charge on any atom is 0.419 e. The molecule has 1 aromatic heterocycles. The van der Waals surface area contributed by atoms with Gasteiger partial charge < -0.3 is 19.6 Å². The van der Waals surface area contributed by atoms with Gasteiger partial charge >= 0.3 is 6.18 Å². The van der Waals surface area contributed by atoms with Crippen molar-refractivity contribution in [1.82, 2.24) is 0 Å². The molecule has 1 aliphatic rings. The first-order chi connectivity index (χ1) is 12.8. The number of furan rings is 1. The molecule has 5 nitrogen and oxygen atoms in total. The van der Waals surface area contributed by atoms with Crippen molar-refractivity contribution in [3.63, 3.8) is 0 Å². The summed E-state index contributed by atoms with van der Waals surface area (Å²) in [5.74, 6) is -1.21. The Labute approximate surface area is 153 Å². The molecule has 27 heavy (non-hydrogen) atoms. The third kappa shape index (κ3) is 3.65. The highest BCUT2D eigenvalue weighted by atomic mass is 19.4. The lowest BCUT2D eigenvalue weighted by atomic mass is 9.95. The van der Waals surface area contributed by atoms with Crippen LogP contribution in [-0.4, -0.2) is 12.4 Å². The molecule has 1 aliphatic heterocycles. The Morgan fingerprint density at radius 3 is 2.67 bits per heavy atom. The summed E-state index contributed by atoms with van der Waals surface area (Å²) in [6.07, 6.45) is -1.69. The molecule has 0 saturated carbocycles. The number of Topliss-reactive ketones (excluding diaryl/α,β-unsaturated/α-hetero) is 1. The Morgan fingerprint density at radius 2 is 2.04 bits per heavy atom. The lowest BCUT2D eigenvalue weighted by Crippen LogP contribution is -2.13. The molecule has 0 aliphatic carbocycles. The van der Waals surface area contributed by atoms with Gasteiger partial charge in [0.25, 0.3) is 0 Å². The number of rotatable bonds is 6. The monoisotopic (exact) mass is 381 g/mol. The van der Waals surface area contributed by atoms with Crippen LogP contribution in [0.2, 0.25) is 0 Å². The fourth-order valence-corrected chi connectivity index (χ4v) is 2.83. The van der Waals surface area contributed by atoms with Gasteiger partial charge in [-0.05, 0) is 18.6 Å². The Morgan fingerprint density at radius 1 is 1.26 bits per heavy atom. The van der Waals surface area contributed by atoms with Gasteiger partial charge in [-0.15, -0.1) is 0 Å². The Bertz CT molecular complexity index is 856. The van der Waals surface area contributed by atoms with E-state index in [1.165, 1.54) is 30.7 Å². The smallest absolute Gasteiger partial charge is 0.419 e. The lowest BCUT2D eigenvalue weighted by molar-refractivity contribution is -0.139. The van der Waals surface area contributed by atoms with E-state index in [1.807, 2.05) is 6.92 Å². The molecule has 1 aromatic carbocycles. The zero-order chi connectivity index (χ0) is 19.6. The van der Waals surface area contributed by atoms with E-state index < -0.39 is 29.4 Å². The molecule has 2 aromatic rings. The highest BCUT2D eigenvalue weighted by molar-refractivity contribution is 6.25. The molecular formula is C19H18F3NO4. The largest absolute Gasteiger partial charge is 0.492 e. The van der Waals surface area contributed by atoms with Gasteiger partial charge in [0, 0.05) is 11.1 Å². The first-order valence-electron chi connectivity index (χ1n) is 8.40. The number of carbonyl (C=O) groups is 1. The second-order valence-corrected chi connectivity index (χ2v) is 6.04. The fraction of sp³-hybridized carbons (Fsp3) is 0.316. The number of carbonyl (C=O) groups excluding carboxylic acids is 1. The molecule has 2 heterocycles. The van der Waals surface area contributed by atoms with Crippen LogP contribution in [0.25, 0.3) is 5.57 Å². The maximum atomic E-state index is 13.5. The summed E-state index contributed by atoms with van der Waals surface area (Å²) in [5, 5.41) is 0. The quantitative estimate of drug-likeness (QED) is 0.749. The lowest BCUT2D eigenvalue weighted by Gasteiger charge is -2.17. The van der Waals surface area contributed by atoms with E-state index in [0.29, 0.717) is 12.0 Å². The third-order valence-electron chi connectivity index (χ3n) is 4.16. The predicted octanol–water partition coefficient (Wildman–Crippen LogP) is 4.45. The van der Waals surface area contributed by atoms with E-state index in [2.05, 4.69) is 0 Å². The number of ether oxygens (including phenoxy) is 2. The van der Waals surface area contributed by atoms with Gasteiger partial charge in [0.15, 0.2) is 12.0 Å². The minimum atomic E-state index is -4.64. The van der Waals surface area contributed by atoms with Crippen molar-refractivity contribution in [2.75, 3.05) is 6.61 Å². The molecule has 0 radical (unpaired) electrons. The first kappa shape index (κ1) is 18.9. The number of hydrogen-bond acceptors (Lipinski definition) is 5. The third-order valence-corrected chi connectivity index (χ3v) is 4.16. The number of halogens is 3. The molecule has 8 heteroatoms. The minimum Gasteiger partial charge on any atom is -0.492 e. The second kappa shape index (κ2) is 7.38. The van der Waals surface area contributed by atoms with Crippen LogP contribution in [0, 0.1) is 0 Å². The number of ketones is 1. The van der Waals surface area contributed by atoms with Crippen LogP contribution < -0.4 is 10.5 Å². The standard InChI is InChI=1S/C19H18F3NO4/c1-2-3-8-26-17-12(5-4-6-13(17)19(20,21)22)14-15(24)16(27-18(14)23)11-7-9-25-10-11/h4-7,9-10,16H,2-3,8,23H2,1H3. The van der Waals surface area contributed by atoms with E-state index in [4.69, 9.17) is 19.6 Å². The highest BCUT2D eigenvalue weighted by Crippen LogP contribution is 2.44. The van der Waals surface area contributed by atoms with Crippen LogP contribution in [-0.2, 0) is 15.7 Å². The summed E-state index contributed by atoms with van der Waals surface area (Å²) in [7, 11) is 0. The number of unbranched alkanes of at least 4 members (excludes halogenated alkanes) is 1. The minimum absolute atomic E-state index is 0.0329. The van der Waals surface area contributed by atoms with Crippen LogP contribution in [0.4, 0.5) is 13.2 Å². The number of para-hydroxylation sites is 1. The average molecular weight is 381 g/mol. The van der Waals surface area contributed by atoms with E-state index in [0.717, 1.165) is 12.5 Å². The van der Waals surface area contributed by atoms with E-state index in [-0.39, 0.29) is 23.6 Å². The number of alkyl halides is 3. The Balaban J connectivity index is 2.05. The maximum absolute atomic E-state index is 13.5. The molecule has 0 fully saturated rings. The van der Waals surface area contributed by atoms with Gasteiger partial charge in [-0.2, -0.15) is 13.2 Å². The fourth-order valence-electron chi connectivity index (χ4n) is 2.83. The van der Waals surface area contributed by atoms with Crippen LogP contribution in [0.15, 0.2) is 47.1 Å². The van der Waals surface area contributed by atoms with E-state index >= 15 is 0 Å². The molecule has 3 rings (SSSR count). The van der Waals surface area contributed by atoms with Crippen molar-refractivity contribution in [1.29, 1.82) is 0 Å². The highest BCUT2D eigenvalue weighted by Gasteiger charge is 2.41.